The van der Waals surface area contributed by atoms with Crippen molar-refractivity contribution < 1.29 is 34.2 Å². The zero-order valence-electron chi connectivity index (χ0n) is 16.5. The Morgan fingerprint density at radius 1 is 0.933 bits per heavy atom. The van der Waals surface area contributed by atoms with Gasteiger partial charge in [-0.2, -0.15) is 0 Å². The van der Waals surface area contributed by atoms with Gasteiger partial charge in [-0.15, -0.1) is 0 Å². The fourth-order valence-electron chi connectivity index (χ4n) is 2.47. The van der Waals surface area contributed by atoms with Crippen LogP contribution in [-0.4, -0.2) is 64.5 Å². The molecule has 164 valence electrons. The van der Waals surface area contributed by atoms with Gasteiger partial charge in [0.15, 0.2) is 0 Å². The molecular weight excluding hydrogens is 396 g/mol. The monoisotopic (exact) mass is 422 g/mol. The van der Waals surface area contributed by atoms with Crippen LogP contribution in [0.1, 0.15) is 25.3 Å². The first-order chi connectivity index (χ1) is 14.1. The predicted molar refractivity (Wildman–Crippen MR) is 105 cm³/mol. The highest BCUT2D eigenvalue weighted by Crippen LogP contribution is 2.04. The van der Waals surface area contributed by atoms with Crippen LogP contribution in [0.15, 0.2) is 30.3 Å². The molecule has 0 aliphatic heterocycles. The SMILES string of the molecule is C[C@H](NC(=O)[C@H](CCC(=O)O)NC(=O)[C@@H](N)Cc1ccccc1)C(=O)NCC(=O)O. The molecule has 11 nitrogen and oxygen atoms in total. The van der Waals surface area contributed by atoms with E-state index in [4.69, 9.17) is 15.9 Å². The number of rotatable bonds is 12. The average Bonchev–Trinajstić information content (AvgIpc) is 2.69. The molecule has 0 spiro atoms. The minimum absolute atomic E-state index is 0.214. The Bertz CT molecular complexity index is 769. The Hall–Kier alpha value is -3.47. The standard InChI is InChI=1S/C19H26N4O7/c1-11(17(28)21-10-16(26)27)22-19(30)14(7-8-15(24)25)23-18(29)13(20)9-12-5-3-2-4-6-12/h2-6,11,13-14H,7-10,20H2,1H3,(H,21,28)(H,22,30)(H,23,29)(H,24,25)(H,26,27)/t11-,13-,14-/m0/s1. The fourth-order valence-corrected chi connectivity index (χ4v) is 2.47. The molecule has 0 heterocycles. The molecule has 0 aliphatic carbocycles. The van der Waals surface area contributed by atoms with Gasteiger partial charge in [-0.1, -0.05) is 30.3 Å². The summed E-state index contributed by atoms with van der Waals surface area (Å²) in [4.78, 5) is 58.1. The molecule has 11 heteroatoms. The number of nitrogens with one attached hydrogen (secondary N) is 3. The number of amides is 3. The molecule has 1 aromatic carbocycles. The van der Waals surface area contributed by atoms with Gasteiger partial charge in [0.25, 0.3) is 0 Å². The molecule has 3 atom stereocenters. The minimum Gasteiger partial charge on any atom is -0.481 e. The molecule has 0 saturated carbocycles. The Balaban J connectivity index is 2.73. The lowest BCUT2D eigenvalue weighted by Crippen LogP contribution is -2.55. The highest BCUT2D eigenvalue weighted by Gasteiger charge is 2.27. The Morgan fingerprint density at radius 3 is 2.13 bits per heavy atom. The van der Waals surface area contributed by atoms with Gasteiger partial charge in [0.2, 0.25) is 17.7 Å². The van der Waals surface area contributed by atoms with E-state index in [-0.39, 0.29) is 12.8 Å². The number of hydrogen-bond donors (Lipinski definition) is 6. The summed E-state index contributed by atoms with van der Waals surface area (Å²) in [7, 11) is 0. The lowest BCUT2D eigenvalue weighted by atomic mass is 10.0. The third-order valence-electron chi connectivity index (χ3n) is 4.08. The molecule has 0 fully saturated rings. The largest absolute Gasteiger partial charge is 0.481 e. The summed E-state index contributed by atoms with van der Waals surface area (Å²) in [5, 5.41) is 24.3. The van der Waals surface area contributed by atoms with Gasteiger partial charge < -0.3 is 31.9 Å². The lowest BCUT2D eigenvalue weighted by molar-refractivity contribution is -0.138. The molecular formula is C19H26N4O7. The van der Waals surface area contributed by atoms with Crippen molar-refractivity contribution in [2.45, 2.75) is 44.3 Å². The third kappa shape index (κ3) is 9.15. The quantitative estimate of drug-likeness (QED) is 0.237. The van der Waals surface area contributed by atoms with Gasteiger partial charge in [0.1, 0.15) is 18.6 Å². The van der Waals surface area contributed by atoms with Crippen molar-refractivity contribution in [2.24, 2.45) is 5.73 Å². The summed E-state index contributed by atoms with van der Waals surface area (Å²) < 4.78 is 0. The van der Waals surface area contributed by atoms with E-state index in [1.165, 1.54) is 6.92 Å². The van der Waals surface area contributed by atoms with Crippen LogP contribution in [0.25, 0.3) is 0 Å². The van der Waals surface area contributed by atoms with Crippen LogP contribution in [0, 0.1) is 0 Å². The molecule has 0 radical (unpaired) electrons. The van der Waals surface area contributed by atoms with Crippen LogP contribution in [-0.2, 0) is 30.4 Å². The number of carbonyl (C=O) groups is 5. The Kier molecular flexibility index (Phi) is 9.97. The molecule has 30 heavy (non-hydrogen) atoms. The number of nitrogens with two attached hydrogens (primary N) is 1. The molecule has 1 aromatic rings. The summed E-state index contributed by atoms with van der Waals surface area (Å²) in [6.07, 6.45) is -0.395. The van der Waals surface area contributed by atoms with E-state index in [0.717, 1.165) is 5.56 Å². The van der Waals surface area contributed by atoms with Crippen LogP contribution < -0.4 is 21.7 Å². The highest BCUT2D eigenvalue weighted by atomic mass is 16.4. The first-order valence-corrected chi connectivity index (χ1v) is 9.21. The van der Waals surface area contributed by atoms with Crippen molar-refractivity contribution in [3.8, 4) is 0 Å². The molecule has 0 bridgehead atoms. The van der Waals surface area contributed by atoms with Gasteiger partial charge in [-0.25, -0.2) is 0 Å². The van der Waals surface area contributed by atoms with Gasteiger partial charge in [-0.3, -0.25) is 24.0 Å². The normalized spacial score (nSPS) is 13.4. The van der Waals surface area contributed by atoms with E-state index in [9.17, 15) is 24.0 Å². The van der Waals surface area contributed by atoms with Gasteiger partial charge >= 0.3 is 11.9 Å². The Labute approximate surface area is 173 Å². The summed E-state index contributed by atoms with van der Waals surface area (Å²) in [6, 6.07) is 5.68. The second kappa shape index (κ2) is 12.2. The first-order valence-electron chi connectivity index (χ1n) is 9.21. The van der Waals surface area contributed by atoms with Gasteiger partial charge in [0, 0.05) is 6.42 Å². The number of benzene rings is 1. The van der Waals surface area contributed by atoms with Crippen molar-refractivity contribution in [2.75, 3.05) is 6.54 Å². The van der Waals surface area contributed by atoms with Crippen molar-refractivity contribution >= 4 is 29.7 Å². The molecule has 0 saturated heterocycles. The third-order valence-corrected chi connectivity index (χ3v) is 4.08. The topological polar surface area (TPSA) is 188 Å². The number of carboxylic acid groups (broad SMARTS) is 2. The second-order valence-corrected chi connectivity index (χ2v) is 6.63. The number of hydrogen-bond acceptors (Lipinski definition) is 6. The number of carboxylic acids is 2. The van der Waals surface area contributed by atoms with E-state index >= 15 is 0 Å². The molecule has 3 amide bonds. The van der Waals surface area contributed by atoms with Crippen LogP contribution in [0.2, 0.25) is 0 Å². The van der Waals surface area contributed by atoms with Crippen LogP contribution >= 0.6 is 0 Å². The van der Waals surface area contributed by atoms with Crippen molar-refractivity contribution in [1.82, 2.24) is 16.0 Å². The van der Waals surface area contributed by atoms with E-state index in [1.807, 2.05) is 6.07 Å². The summed E-state index contributed by atoms with van der Waals surface area (Å²) in [6.45, 7) is 0.707. The molecule has 7 N–H and O–H groups in total. The summed E-state index contributed by atoms with van der Waals surface area (Å²) in [5.74, 6) is -4.58. The molecule has 0 unspecified atom stereocenters. The van der Waals surface area contributed by atoms with Crippen LogP contribution in [0.3, 0.4) is 0 Å². The second-order valence-electron chi connectivity index (χ2n) is 6.63. The maximum Gasteiger partial charge on any atom is 0.322 e. The predicted octanol–water partition coefficient (Wildman–Crippen LogP) is -1.39. The maximum atomic E-state index is 12.5. The van der Waals surface area contributed by atoms with Gasteiger partial charge in [-0.05, 0) is 25.3 Å². The smallest absolute Gasteiger partial charge is 0.322 e. The van der Waals surface area contributed by atoms with Gasteiger partial charge in [0.05, 0.1) is 6.04 Å². The van der Waals surface area contributed by atoms with E-state index in [0.29, 0.717) is 0 Å². The zero-order valence-corrected chi connectivity index (χ0v) is 16.5. The van der Waals surface area contributed by atoms with E-state index < -0.39 is 60.8 Å². The highest BCUT2D eigenvalue weighted by molar-refractivity contribution is 5.93. The fraction of sp³-hybridized carbons (Fsp3) is 0.421. The minimum atomic E-state index is -1.25. The lowest BCUT2D eigenvalue weighted by Gasteiger charge is -2.22. The van der Waals surface area contributed by atoms with E-state index in [2.05, 4.69) is 16.0 Å². The average molecular weight is 422 g/mol. The maximum absolute atomic E-state index is 12.5. The first kappa shape index (κ1) is 24.6. The van der Waals surface area contributed by atoms with Crippen LogP contribution in [0.5, 0.6) is 0 Å². The summed E-state index contributed by atoms with van der Waals surface area (Å²) in [5.41, 5.74) is 6.71. The zero-order chi connectivity index (χ0) is 22.7. The van der Waals surface area contributed by atoms with Crippen molar-refractivity contribution in [3.05, 3.63) is 35.9 Å². The van der Waals surface area contributed by atoms with Crippen LogP contribution in [0.4, 0.5) is 0 Å². The number of carbonyl (C=O) groups excluding carboxylic acids is 3. The van der Waals surface area contributed by atoms with E-state index in [1.54, 1.807) is 24.3 Å². The Morgan fingerprint density at radius 2 is 1.57 bits per heavy atom. The summed E-state index contributed by atoms with van der Waals surface area (Å²) >= 11 is 0. The molecule has 0 aliphatic rings. The van der Waals surface area contributed by atoms with Crippen molar-refractivity contribution in [3.63, 3.8) is 0 Å². The molecule has 1 rings (SSSR count). The molecule has 0 aromatic heterocycles. The van der Waals surface area contributed by atoms with Crippen molar-refractivity contribution in [1.29, 1.82) is 0 Å². The number of aliphatic carboxylic acids is 2.